The molecule has 2 heteroatoms. The van der Waals surface area contributed by atoms with Crippen molar-refractivity contribution in [1.82, 2.24) is 0 Å². The van der Waals surface area contributed by atoms with Crippen LogP contribution in [0.4, 0.5) is 17.1 Å². The Kier molecular flexibility index (Phi) is 7.23. The lowest BCUT2D eigenvalue weighted by Gasteiger charge is -2.49. The van der Waals surface area contributed by atoms with Gasteiger partial charge in [0, 0.05) is 33.9 Å². The van der Waals surface area contributed by atoms with E-state index in [0.29, 0.717) is 11.8 Å². The molecular formula is C53H51NO. The Morgan fingerprint density at radius 1 is 0.527 bits per heavy atom. The third kappa shape index (κ3) is 4.86. The zero-order chi connectivity index (χ0) is 37.1. The quantitative estimate of drug-likeness (QED) is 0.176. The molecule has 0 aromatic heterocycles. The molecule has 1 aliphatic heterocycles. The highest BCUT2D eigenvalue weighted by Crippen LogP contribution is 2.73. The van der Waals surface area contributed by atoms with E-state index in [4.69, 9.17) is 4.74 Å². The number of rotatable bonds is 5. The van der Waals surface area contributed by atoms with E-state index in [1.54, 1.807) is 0 Å². The van der Waals surface area contributed by atoms with Crippen LogP contribution < -0.4 is 9.64 Å². The minimum atomic E-state index is -0.00993. The fourth-order valence-electron chi connectivity index (χ4n) is 12.5. The summed E-state index contributed by atoms with van der Waals surface area (Å²) in [7, 11) is 0. The molecule has 5 unspecified atom stereocenters. The largest absolute Gasteiger partial charge is 0.457 e. The smallest absolute Gasteiger partial charge is 0.133 e. The molecule has 1 spiro atoms. The summed E-state index contributed by atoms with van der Waals surface area (Å²) in [6, 6.07) is 52.4. The standard InChI is InChI=1S/C53H51NO/c1-51(2)26-27-52(3,4)50-43(51)19-13-20-46(50)54(40-24-22-36(23-25-40)35-14-7-5-8-15-35)47-33-49-45(32-41(47)37-16-9-6-10-17-37)53(42-18-11-12-21-48(42)55-49)39-29-34-28-38(31-39)44(53)30-34/h5-25,32-34,38-39,44H,26-31H2,1-4H3. The van der Waals surface area contributed by atoms with Crippen molar-refractivity contribution < 1.29 is 4.74 Å². The maximum absolute atomic E-state index is 7.17. The van der Waals surface area contributed by atoms with Crippen LogP contribution in [0.5, 0.6) is 11.5 Å². The highest BCUT2D eigenvalue weighted by atomic mass is 16.5. The molecule has 4 saturated carbocycles. The van der Waals surface area contributed by atoms with Gasteiger partial charge >= 0.3 is 0 Å². The monoisotopic (exact) mass is 717 g/mol. The van der Waals surface area contributed by atoms with E-state index in [1.807, 2.05) is 0 Å². The molecule has 6 aromatic carbocycles. The van der Waals surface area contributed by atoms with Crippen LogP contribution in [0.2, 0.25) is 0 Å². The van der Waals surface area contributed by atoms with Crippen molar-refractivity contribution >= 4 is 17.1 Å². The number of ether oxygens (including phenoxy) is 1. The minimum absolute atomic E-state index is 0.00634. The summed E-state index contributed by atoms with van der Waals surface area (Å²) in [6.07, 6.45) is 7.76. The molecule has 4 bridgehead atoms. The molecule has 0 N–H and O–H groups in total. The van der Waals surface area contributed by atoms with Crippen LogP contribution in [0.3, 0.4) is 0 Å². The van der Waals surface area contributed by atoms with Gasteiger partial charge in [0.25, 0.3) is 0 Å². The van der Waals surface area contributed by atoms with Crippen molar-refractivity contribution in [1.29, 1.82) is 0 Å². The van der Waals surface area contributed by atoms with Gasteiger partial charge in [0.05, 0.1) is 11.4 Å². The van der Waals surface area contributed by atoms with Gasteiger partial charge in [0.1, 0.15) is 11.5 Å². The summed E-state index contributed by atoms with van der Waals surface area (Å²) < 4.78 is 7.17. The number of anilines is 3. The summed E-state index contributed by atoms with van der Waals surface area (Å²) in [4.78, 5) is 2.59. The van der Waals surface area contributed by atoms with Gasteiger partial charge in [-0.1, -0.05) is 131 Å². The van der Waals surface area contributed by atoms with Gasteiger partial charge in [0.15, 0.2) is 0 Å². The Balaban J connectivity index is 1.20. The van der Waals surface area contributed by atoms with E-state index < -0.39 is 0 Å². The van der Waals surface area contributed by atoms with Crippen molar-refractivity contribution in [3.63, 3.8) is 0 Å². The lowest BCUT2D eigenvalue weighted by atomic mass is 9.56. The van der Waals surface area contributed by atoms with Gasteiger partial charge in [-0.2, -0.15) is 0 Å². The number of para-hydroxylation sites is 1. The summed E-state index contributed by atoms with van der Waals surface area (Å²) in [5.41, 5.74) is 14.4. The zero-order valence-electron chi connectivity index (χ0n) is 32.7. The van der Waals surface area contributed by atoms with E-state index in [0.717, 1.165) is 35.4 Å². The molecule has 2 nitrogen and oxygen atoms in total. The minimum Gasteiger partial charge on any atom is -0.457 e. The summed E-state index contributed by atoms with van der Waals surface area (Å²) in [6.45, 7) is 9.79. The molecule has 55 heavy (non-hydrogen) atoms. The maximum atomic E-state index is 7.17. The highest BCUT2D eigenvalue weighted by molar-refractivity contribution is 5.92. The SMILES string of the molecule is CC1(C)CCC(C)(C)c2c(N(c3ccc(-c4ccccc4)cc3)c3cc4c(cc3-c3ccccc3)C3(c5ccccc5O4)C4CC5CC(C4)C3C5)cccc21. The van der Waals surface area contributed by atoms with Gasteiger partial charge in [-0.25, -0.2) is 0 Å². The number of nitrogens with zero attached hydrogens (tertiary/aromatic N) is 1. The normalized spacial score (nSPS) is 25.9. The van der Waals surface area contributed by atoms with Gasteiger partial charge in [-0.3, -0.25) is 0 Å². The molecule has 0 radical (unpaired) electrons. The maximum Gasteiger partial charge on any atom is 0.133 e. The summed E-state index contributed by atoms with van der Waals surface area (Å²) in [5, 5.41) is 0. The van der Waals surface area contributed by atoms with Gasteiger partial charge in [-0.05, 0) is 131 Å². The first kappa shape index (κ1) is 33.3. The van der Waals surface area contributed by atoms with Crippen LogP contribution in [0.15, 0.2) is 140 Å². The van der Waals surface area contributed by atoms with Crippen molar-refractivity contribution in [2.75, 3.05) is 4.90 Å². The van der Waals surface area contributed by atoms with E-state index in [9.17, 15) is 0 Å². The number of hydrogen-bond donors (Lipinski definition) is 0. The van der Waals surface area contributed by atoms with E-state index in [-0.39, 0.29) is 16.2 Å². The second kappa shape index (κ2) is 12.0. The molecule has 274 valence electrons. The van der Waals surface area contributed by atoms with Gasteiger partial charge < -0.3 is 9.64 Å². The Hall–Kier alpha value is -5.08. The molecule has 6 aliphatic rings. The van der Waals surface area contributed by atoms with E-state index in [2.05, 4.69) is 172 Å². The third-order valence-corrected chi connectivity index (χ3v) is 14.9. The molecule has 5 atom stereocenters. The molecule has 0 amide bonds. The first-order valence-electron chi connectivity index (χ1n) is 20.8. The van der Waals surface area contributed by atoms with Crippen molar-refractivity contribution in [2.45, 2.75) is 82.5 Å². The Labute approximate surface area is 327 Å². The highest BCUT2D eigenvalue weighted by Gasteiger charge is 2.66. The van der Waals surface area contributed by atoms with E-state index >= 15 is 0 Å². The molecule has 5 aliphatic carbocycles. The number of fused-ring (bicyclic) bond motifs is 3. The molecule has 12 rings (SSSR count). The number of benzene rings is 6. The van der Waals surface area contributed by atoms with Gasteiger partial charge in [0.2, 0.25) is 0 Å². The lowest BCUT2D eigenvalue weighted by Crippen LogP contribution is -2.44. The third-order valence-electron chi connectivity index (χ3n) is 14.9. The molecule has 6 aromatic rings. The first-order chi connectivity index (χ1) is 26.7. The van der Waals surface area contributed by atoms with Crippen molar-refractivity contribution in [3.05, 3.63) is 162 Å². The predicted octanol–water partition coefficient (Wildman–Crippen LogP) is 14.3. The Morgan fingerprint density at radius 2 is 1.20 bits per heavy atom. The Morgan fingerprint density at radius 3 is 1.96 bits per heavy atom. The van der Waals surface area contributed by atoms with Crippen LogP contribution >= 0.6 is 0 Å². The van der Waals surface area contributed by atoms with Crippen LogP contribution in [0.1, 0.15) is 88.5 Å². The van der Waals surface area contributed by atoms with Crippen LogP contribution in [0, 0.1) is 23.7 Å². The van der Waals surface area contributed by atoms with Crippen LogP contribution in [-0.4, -0.2) is 0 Å². The summed E-state index contributed by atoms with van der Waals surface area (Å²) in [5.74, 6) is 5.11. The van der Waals surface area contributed by atoms with Crippen LogP contribution in [0.25, 0.3) is 22.3 Å². The molecular weight excluding hydrogens is 667 g/mol. The zero-order valence-corrected chi connectivity index (χ0v) is 32.7. The van der Waals surface area contributed by atoms with Crippen molar-refractivity contribution in [3.8, 4) is 33.8 Å². The first-order valence-corrected chi connectivity index (χ1v) is 20.8. The lowest BCUT2D eigenvalue weighted by molar-refractivity contribution is 0.173. The molecule has 4 fully saturated rings. The average Bonchev–Trinajstić information content (AvgIpc) is 3.62. The number of hydrogen-bond acceptors (Lipinski definition) is 2. The fraction of sp³-hybridized carbons (Fsp3) is 0.321. The molecule has 0 saturated heterocycles. The molecule has 1 heterocycles. The van der Waals surface area contributed by atoms with Gasteiger partial charge in [-0.15, -0.1) is 0 Å². The summed E-state index contributed by atoms with van der Waals surface area (Å²) >= 11 is 0. The second-order valence-corrected chi connectivity index (χ2v) is 18.8. The Bertz CT molecular complexity index is 2440. The fourth-order valence-corrected chi connectivity index (χ4v) is 12.5. The van der Waals surface area contributed by atoms with Crippen LogP contribution in [-0.2, 0) is 16.2 Å². The second-order valence-electron chi connectivity index (χ2n) is 18.8. The van der Waals surface area contributed by atoms with Crippen molar-refractivity contribution in [2.24, 2.45) is 23.7 Å². The topological polar surface area (TPSA) is 12.5 Å². The predicted molar refractivity (Wildman–Crippen MR) is 227 cm³/mol. The van der Waals surface area contributed by atoms with E-state index in [1.165, 1.54) is 88.0 Å². The average molecular weight is 718 g/mol.